The standard InChI is InChI=1S/C15H13BrFNO2/c1-9-5-6-12(13(16)7-9)14(15(19)20)18-11-4-2-3-10(17)8-11/h2-8,14,18H,1H3,(H,19,20). The minimum Gasteiger partial charge on any atom is -0.479 e. The van der Waals surface area contributed by atoms with Crippen molar-refractivity contribution in [2.24, 2.45) is 0 Å². The lowest BCUT2D eigenvalue weighted by Gasteiger charge is -2.18. The Morgan fingerprint density at radius 1 is 1.30 bits per heavy atom. The molecule has 0 spiro atoms. The Labute approximate surface area is 124 Å². The van der Waals surface area contributed by atoms with Gasteiger partial charge in [-0.05, 0) is 42.3 Å². The largest absolute Gasteiger partial charge is 0.479 e. The van der Waals surface area contributed by atoms with Gasteiger partial charge in [-0.3, -0.25) is 0 Å². The highest BCUT2D eigenvalue weighted by Gasteiger charge is 2.22. The summed E-state index contributed by atoms with van der Waals surface area (Å²) in [5.74, 6) is -1.44. The maximum atomic E-state index is 13.2. The molecular formula is C15H13BrFNO2. The van der Waals surface area contributed by atoms with Gasteiger partial charge in [0.05, 0.1) is 0 Å². The third-order valence-electron chi connectivity index (χ3n) is 2.85. The first kappa shape index (κ1) is 14.5. The summed E-state index contributed by atoms with van der Waals surface area (Å²) < 4.78 is 13.9. The van der Waals surface area contributed by atoms with Crippen LogP contribution in [0.4, 0.5) is 10.1 Å². The zero-order chi connectivity index (χ0) is 14.7. The third-order valence-corrected chi connectivity index (χ3v) is 3.54. The quantitative estimate of drug-likeness (QED) is 0.881. The molecule has 2 aromatic carbocycles. The molecule has 0 heterocycles. The van der Waals surface area contributed by atoms with E-state index in [0.29, 0.717) is 15.7 Å². The lowest BCUT2D eigenvalue weighted by molar-refractivity contribution is -0.138. The number of anilines is 1. The number of carbonyl (C=O) groups is 1. The fourth-order valence-electron chi connectivity index (χ4n) is 1.88. The van der Waals surface area contributed by atoms with Crippen LogP contribution in [0.5, 0.6) is 0 Å². The van der Waals surface area contributed by atoms with Gasteiger partial charge in [0.1, 0.15) is 5.82 Å². The van der Waals surface area contributed by atoms with Gasteiger partial charge >= 0.3 is 5.97 Å². The van der Waals surface area contributed by atoms with Gasteiger partial charge in [0.15, 0.2) is 6.04 Å². The molecule has 0 amide bonds. The second-order valence-electron chi connectivity index (χ2n) is 4.45. The Morgan fingerprint density at radius 3 is 2.65 bits per heavy atom. The van der Waals surface area contributed by atoms with E-state index in [-0.39, 0.29) is 0 Å². The number of nitrogens with one attached hydrogen (secondary N) is 1. The highest BCUT2D eigenvalue weighted by molar-refractivity contribution is 9.10. The lowest BCUT2D eigenvalue weighted by Crippen LogP contribution is -2.21. The molecule has 1 unspecified atom stereocenters. The lowest BCUT2D eigenvalue weighted by atomic mass is 10.0. The van der Waals surface area contributed by atoms with Gasteiger partial charge in [-0.2, -0.15) is 0 Å². The minimum atomic E-state index is -1.03. The highest BCUT2D eigenvalue weighted by atomic mass is 79.9. The molecule has 0 bridgehead atoms. The van der Waals surface area contributed by atoms with Gasteiger partial charge in [-0.1, -0.05) is 34.1 Å². The predicted molar refractivity (Wildman–Crippen MR) is 79.3 cm³/mol. The van der Waals surface area contributed by atoms with Crippen LogP contribution in [0.25, 0.3) is 0 Å². The molecule has 2 rings (SSSR count). The van der Waals surface area contributed by atoms with E-state index in [4.69, 9.17) is 0 Å². The molecule has 0 aromatic heterocycles. The van der Waals surface area contributed by atoms with E-state index in [1.807, 2.05) is 19.1 Å². The molecule has 0 aliphatic heterocycles. The summed E-state index contributed by atoms with van der Waals surface area (Å²) in [6.07, 6.45) is 0. The fraction of sp³-hybridized carbons (Fsp3) is 0.133. The maximum Gasteiger partial charge on any atom is 0.330 e. The van der Waals surface area contributed by atoms with Crippen LogP contribution in [0, 0.1) is 12.7 Å². The van der Waals surface area contributed by atoms with Gasteiger partial charge in [-0.15, -0.1) is 0 Å². The number of rotatable bonds is 4. The number of carboxylic acid groups (broad SMARTS) is 1. The molecule has 0 saturated carbocycles. The third kappa shape index (κ3) is 3.36. The van der Waals surface area contributed by atoms with Crippen LogP contribution < -0.4 is 5.32 Å². The van der Waals surface area contributed by atoms with Crippen LogP contribution in [0.15, 0.2) is 46.9 Å². The summed E-state index contributed by atoms with van der Waals surface area (Å²) in [5.41, 5.74) is 2.03. The van der Waals surface area contributed by atoms with E-state index >= 15 is 0 Å². The first-order valence-corrected chi connectivity index (χ1v) is 6.77. The van der Waals surface area contributed by atoms with E-state index in [1.165, 1.54) is 18.2 Å². The monoisotopic (exact) mass is 337 g/mol. The second kappa shape index (κ2) is 6.05. The number of aryl methyl sites for hydroxylation is 1. The van der Waals surface area contributed by atoms with E-state index in [1.54, 1.807) is 12.1 Å². The van der Waals surface area contributed by atoms with Crippen molar-refractivity contribution < 1.29 is 14.3 Å². The van der Waals surface area contributed by atoms with E-state index < -0.39 is 17.8 Å². The minimum absolute atomic E-state index is 0.415. The zero-order valence-corrected chi connectivity index (χ0v) is 12.3. The first-order chi connectivity index (χ1) is 9.47. The molecule has 0 aliphatic rings. The molecule has 0 radical (unpaired) electrons. The van der Waals surface area contributed by atoms with Crippen LogP contribution in [-0.2, 0) is 4.79 Å². The van der Waals surface area contributed by atoms with Crippen LogP contribution in [0.2, 0.25) is 0 Å². The molecule has 1 atom stereocenters. The molecule has 0 saturated heterocycles. The Hall–Kier alpha value is -1.88. The second-order valence-corrected chi connectivity index (χ2v) is 5.31. The molecule has 3 nitrogen and oxygen atoms in total. The first-order valence-electron chi connectivity index (χ1n) is 5.98. The number of halogens is 2. The Bertz CT molecular complexity index is 646. The van der Waals surface area contributed by atoms with Crippen molar-refractivity contribution in [1.82, 2.24) is 0 Å². The summed E-state index contributed by atoms with van der Waals surface area (Å²) in [7, 11) is 0. The molecule has 2 aromatic rings. The average molecular weight is 338 g/mol. The summed E-state index contributed by atoms with van der Waals surface area (Å²) in [6.45, 7) is 1.92. The molecule has 0 fully saturated rings. The topological polar surface area (TPSA) is 49.3 Å². The molecular weight excluding hydrogens is 325 g/mol. The predicted octanol–water partition coefficient (Wildman–Crippen LogP) is 4.13. The highest BCUT2D eigenvalue weighted by Crippen LogP contribution is 2.28. The van der Waals surface area contributed by atoms with Crippen LogP contribution in [-0.4, -0.2) is 11.1 Å². The summed E-state index contributed by atoms with van der Waals surface area (Å²) in [6, 6.07) is 10.2. The van der Waals surface area contributed by atoms with Crippen LogP contribution in [0.3, 0.4) is 0 Å². The van der Waals surface area contributed by atoms with Crippen molar-refractivity contribution in [3.05, 3.63) is 63.9 Å². The van der Waals surface area contributed by atoms with Gasteiger partial charge in [-0.25, -0.2) is 9.18 Å². The molecule has 0 aliphatic carbocycles. The normalized spacial score (nSPS) is 11.9. The van der Waals surface area contributed by atoms with Crippen molar-refractivity contribution in [1.29, 1.82) is 0 Å². The molecule has 20 heavy (non-hydrogen) atoms. The smallest absolute Gasteiger partial charge is 0.330 e. The number of benzene rings is 2. The van der Waals surface area contributed by atoms with Crippen molar-refractivity contribution in [3.8, 4) is 0 Å². The summed E-state index contributed by atoms with van der Waals surface area (Å²) >= 11 is 3.37. The maximum absolute atomic E-state index is 13.2. The Morgan fingerprint density at radius 2 is 2.05 bits per heavy atom. The van der Waals surface area contributed by atoms with E-state index in [0.717, 1.165) is 5.56 Å². The van der Waals surface area contributed by atoms with Crippen LogP contribution in [0.1, 0.15) is 17.2 Å². The number of hydrogen-bond acceptors (Lipinski definition) is 2. The number of aliphatic carboxylic acids is 1. The van der Waals surface area contributed by atoms with Crippen LogP contribution >= 0.6 is 15.9 Å². The van der Waals surface area contributed by atoms with Crippen molar-refractivity contribution in [2.75, 3.05) is 5.32 Å². The number of hydrogen-bond donors (Lipinski definition) is 2. The van der Waals surface area contributed by atoms with Gasteiger partial charge in [0.25, 0.3) is 0 Å². The fourth-order valence-corrected chi connectivity index (χ4v) is 2.61. The van der Waals surface area contributed by atoms with Crippen molar-refractivity contribution >= 4 is 27.6 Å². The van der Waals surface area contributed by atoms with Gasteiger partial charge in [0, 0.05) is 10.2 Å². The Balaban J connectivity index is 2.34. The Kier molecular flexibility index (Phi) is 4.39. The van der Waals surface area contributed by atoms with E-state index in [9.17, 15) is 14.3 Å². The zero-order valence-electron chi connectivity index (χ0n) is 10.7. The average Bonchev–Trinajstić information content (AvgIpc) is 2.36. The van der Waals surface area contributed by atoms with E-state index in [2.05, 4.69) is 21.2 Å². The summed E-state index contributed by atoms with van der Waals surface area (Å²) in [5, 5.41) is 12.2. The SMILES string of the molecule is Cc1ccc(C(Nc2cccc(F)c2)C(=O)O)c(Br)c1. The number of carboxylic acids is 1. The molecule has 104 valence electrons. The van der Waals surface area contributed by atoms with Gasteiger partial charge < -0.3 is 10.4 Å². The molecule has 5 heteroatoms. The van der Waals surface area contributed by atoms with Crippen molar-refractivity contribution in [3.63, 3.8) is 0 Å². The van der Waals surface area contributed by atoms with Crippen molar-refractivity contribution in [2.45, 2.75) is 13.0 Å². The molecule has 2 N–H and O–H groups in total. The summed E-state index contributed by atoms with van der Waals surface area (Å²) in [4.78, 5) is 11.4. The van der Waals surface area contributed by atoms with Gasteiger partial charge in [0.2, 0.25) is 0 Å².